The van der Waals surface area contributed by atoms with Gasteiger partial charge in [-0.15, -0.1) is 0 Å². The van der Waals surface area contributed by atoms with Crippen molar-refractivity contribution in [2.24, 2.45) is 0 Å². The molecule has 0 bridgehead atoms. The van der Waals surface area contributed by atoms with Crippen LogP contribution < -0.4 is 5.32 Å². The van der Waals surface area contributed by atoms with Crippen molar-refractivity contribution in [2.45, 2.75) is 19.0 Å². The highest BCUT2D eigenvalue weighted by Gasteiger charge is 2.47. The Morgan fingerprint density at radius 2 is 2.14 bits per heavy atom. The van der Waals surface area contributed by atoms with Crippen LogP contribution in [0, 0.1) is 0 Å². The Labute approximate surface area is 128 Å². The zero-order chi connectivity index (χ0) is 15.7. The van der Waals surface area contributed by atoms with E-state index in [1.807, 2.05) is 30.3 Å². The van der Waals surface area contributed by atoms with Crippen LogP contribution in [-0.2, 0) is 16.1 Å². The lowest BCUT2D eigenvalue weighted by Crippen LogP contribution is -2.47. The molecule has 6 nitrogen and oxygen atoms in total. The number of nitrogens with one attached hydrogen (secondary N) is 1. The average molecular weight is 299 g/mol. The van der Waals surface area contributed by atoms with Crippen LogP contribution in [0.5, 0.6) is 0 Å². The van der Waals surface area contributed by atoms with Crippen LogP contribution in [-0.4, -0.2) is 41.1 Å². The second kappa shape index (κ2) is 5.38. The molecule has 1 atom stereocenters. The van der Waals surface area contributed by atoms with Gasteiger partial charge in [-0.05, 0) is 30.7 Å². The number of ether oxygens (including phenoxy) is 1. The number of rotatable bonds is 4. The van der Waals surface area contributed by atoms with E-state index in [-0.39, 0.29) is 19.1 Å². The van der Waals surface area contributed by atoms with Gasteiger partial charge in [0, 0.05) is 18.7 Å². The van der Waals surface area contributed by atoms with Gasteiger partial charge >= 0.3 is 6.03 Å². The summed E-state index contributed by atoms with van der Waals surface area (Å²) in [6.45, 7) is 2.05. The first kappa shape index (κ1) is 14.5. The van der Waals surface area contributed by atoms with Gasteiger partial charge in [0.1, 0.15) is 5.54 Å². The molecule has 22 heavy (non-hydrogen) atoms. The van der Waals surface area contributed by atoms with Crippen LogP contribution in [0.15, 0.2) is 36.5 Å². The molecule has 1 unspecified atom stereocenters. The minimum atomic E-state index is -0.996. The van der Waals surface area contributed by atoms with Crippen LogP contribution in [0.4, 0.5) is 4.79 Å². The first-order valence-electron chi connectivity index (χ1n) is 7.00. The molecule has 1 aliphatic heterocycles. The monoisotopic (exact) mass is 299 g/mol. The van der Waals surface area contributed by atoms with Crippen molar-refractivity contribution in [1.82, 2.24) is 15.2 Å². The standard InChI is InChI=1S/C16H17N3O3/c1-16(10-22-2)14(20)19(15(21)18-16)9-11-5-6-13-12(8-11)4-3-7-17-13/h3-8H,9-10H2,1-2H3,(H,18,21). The summed E-state index contributed by atoms with van der Waals surface area (Å²) in [7, 11) is 1.50. The smallest absolute Gasteiger partial charge is 0.325 e. The van der Waals surface area contributed by atoms with Gasteiger partial charge in [-0.1, -0.05) is 12.1 Å². The molecule has 2 heterocycles. The third-order valence-electron chi connectivity index (χ3n) is 3.79. The van der Waals surface area contributed by atoms with Crippen molar-refractivity contribution in [3.8, 4) is 0 Å². The quantitative estimate of drug-likeness (QED) is 0.872. The third-order valence-corrected chi connectivity index (χ3v) is 3.79. The number of methoxy groups -OCH3 is 1. The van der Waals surface area contributed by atoms with E-state index in [0.29, 0.717) is 0 Å². The van der Waals surface area contributed by atoms with Crippen LogP contribution in [0.2, 0.25) is 0 Å². The van der Waals surface area contributed by atoms with Gasteiger partial charge in [-0.3, -0.25) is 14.7 Å². The fraction of sp³-hybridized carbons (Fsp3) is 0.312. The topological polar surface area (TPSA) is 71.5 Å². The zero-order valence-electron chi connectivity index (χ0n) is 12.5. The summed E-state index contributed by atoms with van der Waals surface area (Å²) in [6.07, 6.45) is 1.73. The number of carbonyl (C=O) groups excluding carboxylic acids is 2. The lowest BCUT2D eigenvalue weighted by molar-refractivity contribution is -0.132. The number of nitrogens with zero attached hydrogens (tertiary/aromatic N) is 2. The largest absolute Gasteiger partial charge is 0.382 e. The van der Waals surface area contributed by atoms with E-state index in [0.717, 1.165) is 16.5 Å². The fourth-order valence-electron chi connectivity index (χ4n) is 2.68. The molecule has 0 radical (unpaired) electrons. The van der Waals surface area contributed by atoms with Crippen LogP contribution in [0.25, 0.3) is 10.9 Å². The van der Waals surface area contributed by atoms with Gasteiger partial charge in [0.05, 0.1) is 18.7 Å². The van der Waals surface area contributed by atoms with Gasteiger partial charge in [0.15, 0.2) is 0 Å². The Morgan fingerprint density at radius 1 is 1.32 bits per heavy atom. The van der Waals surface area contributed by atoms with Gasteiger partial charge in [-0.2, -0.15) is 0 Å². The maximum atomic E-state index is 12.4. The van der Waals surface area contributed by atoms with E-state index in [9.17, 15) is 9.59 Å². The Hall–Kier alpha value is -2.47. The highest BCUT2D eigenvalue weighted by Crippen LogP contribution is 2.21. The first-order valence-corrected chi connectivity index (χ1v) is 7.00. The summed E-state index contributed by atoms with van der Waals surface area (Å²) >= 11 is 0. The van der Waals surface area contributed by atoms with Crippen molar-refractivity contribution >= 4 is 22.8 Å². The number of aromatic nitrogens is 1. The van der Waals surface area contributed by atoms with E-state index < -0.39 is 11.6 Å². The number of pyridine rings is 1. The number of hydrogen-bond donors (Lipinski definition) is 1. The molecular formula is C16H17N3O3. The molecule has 1 aliphatic rings. The van der Waals surface area contributed by atoms with E-state index in [4.69, 9.17) is 4.74 Å². The van der Waals surface area contributed by atoms with Crippen LogP contribution >= 0.6 is 0 Å². The van der Waals surface area contributed by atoms with Gasteiger partial charge in [0.2, 0.25) is 0 Å². The van der Waals surface area contributed by atoms with Crippen LogP contribution in [0.1, 0.15) is 12.5 Å². The van der Waals surface area contributed by atoms with Crippen molar-refractivity contribution in [3.63, 3.8) is 0 Å². The molecule has 2 aromatic rings. The molecule has 114 valence electrons. The van der Waals surface area contributed by atoms with Crippen molar-refractivity contribution in [3.05, 3.63) is 42.1 Å². The zero-order valence-corrected chi connectivity index (χ0v) is 12.5. The second-order valence-corrected chi connectivity index (χ2v) is 5.62. The molecule has 3 amide bonds. The predicted octanol–water partition coefficient (Wildman–Crippen LogP) is 1.69. The normalized spacial score (nSPS) is 21.5. The maximum Gasteiger partial charge on any atom is 0.325 e. The minimum absolute atomic E-state index is 0.149. The van der Waals surface area contributed by atoms with Gasteiger partial charge in [-0.25, -0.2) is 4.79 Å². The summed E-state index contributed by atoms with van der Waals surface area (Å²) < 4.78 is 5.03. The summed E-state index contributed by atoms with van der Waals surface area (Å²) in [6, 6.07) is 9.12. The molecule has 1 aromatic carbocycles. The molecule has 3 rings (SSSR count). The number of benzene rings is 1. The second-order valence-electron chi connectivity index (χ2n) is 5.62. The summed E-state index contributed by atoms with van der Waals surface area (Å²) in [5, 5.41) is 3.67. The third kappa shape index (κ3) is 2.42. The lowest BCUT2D eigenvalue weighted by atomic mass is 10.0. The molecule has 1 fully saturated rings. The summed E-state index contributed by atoms with van der Waals surface area (Å²) in [4.78, 5) is 30.0. The number of urea groups is 1. The molecule has 6 heteroatoms. The molecule has 0 aliphatic carbocycles. The van der Waals surface area contributed by atoms with Crippen molar-refractivity contribution in [1.29, 1.82) is 0 Å². The molecule has 1 aromatic heterocycles. The van der Waals surface area contributed by atoms with Crippen molar-refractivity contribution < 1.29 is 14.3 Å². The van der Waals surface area contributed by atoms with Crippen LogP contribution in [0.3, 0.4) is 0 Å². The van der Waals surface area contributed by atoms with E-state index in [2.05, 4.69) is 10.3 Å². The number of imide groups is 1. The number of carbonyl (C=O) groups is 2. The van der Waals surface area contributed by atoms with E-state index in [1.165, 1.54) is 12.0 Å². The number of hydrogen-bond acceptors (Lipinski definition) is 4. The predicted molar refractivity (Wildman–Crippen MR) is 81.1 cm³/mol. The SMILES string of the molecule is COCC1(C)NC(=O)N(Cc2ccc3ncccc3c2)C1=O. The molecule has 1 N–H and O–H groups in total. The number of fused-ring (bicyclic) bond motifs is 1. The molecule has 1 saturated heterocycles. The highest BCUT2D eigenvalue weighted by atomic mass is 16.5. The Bertz CT molecular complexity index is 746. The van der Waals surface area contributed by atoms with E-state index in [1.54, 1.807) is 13.1 Å². The molecule has 0 spiro atoms. The molecule has 0 saturated carbocycles. The Balaban J connectivity index is 1.85. The summed E-state index contributed by atoms with van der Waals surface area (Å²) in [5.74, 6) is -0.273. The highest BCUT2D eigenvalue weighted by molar-refractivity contribution is 6.06. The van der Waals surface area contributed by atoms with E-state index >= 15 is 0 Å². The summed E-state index contributed by atoms with van der Waals surface area (Å²) in [5.41, 5.74) is 0.767. The first-order chi connectivity index (χ1) is 10.5. The average Bonchev–Trinajstić information content (AvgIpc) is 2.71. The maximum absolute atomic E-state index is 12.4. The molecular weight excluding hydrogens is 282 g/mol. The Morgan fingerprint density at radius 3 is 2.91 bits per heavy atom. The van der Waals surface area contributed by atoms with Gasteiger partial charge < -0.3 is 10.1 Å². The minimum Gasteiger partial charge on any atom is -0.382 e. The fourth-order valence-corrected chi connectivity index (χ4v) is 2.68. The van der Waals surface area contributed by atoms with Gasteiger partial charge in [0.25, 0.3) is 5.91 Å². The van der Waals surface area contributed by atoms with Crippen molar-refractivity contribution in [2.75, 3.05) is 13.7 Å². The number of amides is 3. The Kier molecular flexibility index (Phi) is 3.54. The lowest BCUT2D eigenvalue weighted by Gasteiger charge is -2.20.